The van der Waals surface area contributed by atoms with Crippen molar-refractivity contribution in [2.45, 2.75) is 24.8 Å². The van der Waals surface area contributed by atoms with Gasteiger partial charge in [-0.05, 0) is 89.8 Å². The molecule has 0 saturated carbocycles. The summed E-state index contributed by atoms with van der Waals surface area (Å²) in [5.41, 5.74) is 3.94. The molecule has 0 aliphatic carbocycles. The van der Waals surface area contributed by atoms with Gasteiger partial charge in [0.05, 0.1) is 16.1 Å². The van der Waals surface area contributed by atoms with Crippen molar-refractivity contribution in [1.29, 1.82) is 0 Å². The summed E-state index contributed by atoms with van der Waals surface area (Å²) in [6.45, 7) is 2.38. The van der Waals surface area contributed by atoms with E-state index >= 15 is 0 Å². The predicted octanol–water partition coefficient (Wildman–Crippen LogP) is 6.37. The van der Waals surface area contributed by atoms with E-state index in [0.717, 1.165) is 32.9 Å². The molecule has 1 aromatic heterocycles. The van der Waals surface area contributed by atoms with Crippen molar-refractivity contribution in [2.24, 2.45) is 0 Å². The Morgan fingerprint density at radius 3 is 2.26 bits per heavy atom. The molecule has 230 valence electrons. The van der Waals surface area contributed by atoms with Crippen molar-refractivity contribution >= 4 is 43.5 Å². The Kier molecular flexibility index (Phi) is 8.76. The number of nitrogens with one attached hydrogen (secondary N) is 2. The number of benzene rings is 5. The number of pyridine rings is 1. The molecule has 0 radical (unpaired) electrons. The van der Waals surface area contributed by atoms with Gasteiger partial charge in [-0.1, -0.05) is 66.7 Å². The van der Waals surface area contributed by atoms with Crippen LogP contribution in [0.2, 0.25) is 0 Å². The van der Waals surface area contributed by atoms with Crippen LogP contribution in [0, 0.1) is 6.92 Å². The fourth-order valence-electron chi connectivity index (χ4n) is 5.14. The Morgan fingerprint density at radius 2 is 1.43 bits per heavy atom. The summed E-state index contributed by atoms with van der Waals surface area (Å²) >= 11 is 0. The number of amides is 2. The van der Waals surface area contributed by atoms with Crippen LogP contribution in [0.5, 0.6) is 5.75 Å². The SMILES string of the molecule is Cc1ccccc1S(=O)(=O)NC(=O)c1ccc(CCNC(=O)c2ccc3ccc(OCc4ccc5ccccc5n4)cc3c2)cc1. The van der Waals surface area contributed by atoms with Gasteiger partial charge < -0.3 is 10.1 Å². The predicted molar refractivity (Wildman–Crippen MR) is 178 cm³/mol. The zero-order chi connectivity index (χ0) is 32.1. The van der Waals surface area contributed by atoms with E-state index in [4.69, 9.17) is 4.74 Å². The fourth-order valence-corrected chi connectivity index (χ4v) is 6.36. The highest BCUT2D eigenvalue weighted by atomic mass is 32.2. The maximum atomic E-state index is 12.9. The van der Waals surface area contributed by atoms with Crippen LogP contribution in [-0.2, 0) is 23.1 Å². The van der Waals surface area contributed by atoms with Crippen LogP contribution < -0.4 is 14.8 Å². The first-order valence-electron chi connectivity index (χ1n) is 14.8. The Balaban J connectivity index is 1.03. The number of fused-ring (bicyclic) bond motifs is 2. The zero-order valence-electron chi connectivity index (χ0n) is 25.1. The Hall–Kier alpha value is -5.54. The van der Waals surface area contributed by atoms with Crippen LogP contribution in [0.3, 0.4) is 0 Å². The molecule has 6 aromatic rings. The Morgan fingerprint density at radius 1 is 0.717 bits per heavy atom. The van der Waals surface area contributed by atoms with Gasteiger partial charge in [0.2, 0.25) is 0 Å². The lowest BCUT2D eigenvalue weighted by atomic mass is 10.1. The van der Waals surface area contributed by atoms with E-state index in [2.05, 4.69) is 15.0 Å². The van der Waals surface area contributed by atoms with Crippen LogP contribution in [0.1, 0.15) is 37.5 Å². The smallest absolute Gasteiger partial charge is 0.264 e. The molecule has 6 rings (SSSR count). The monoisotopic (exact) mass is 629 g/mol. The molecule has 0 atom stereocenters. The van der Waals surface area contributed by atoms with Crippen LogP contribution in [0.25, 0.3) is 21.7 Å². The Labute approximate surface area is 267 Å². The van der Waals surface area contributed by atoms with Crippen molar-refractivity contribution in [2.75, 3.05) is 6.54 Å². The maximum Gasteiger partial charge on any atom is 0.264 e. The fraction of sp³-hybridized carbons (Fsp3) is 0.108. The molecule has 0 aliphatic heterocycles. The Bertz CT molecular complexity index is 2180. The minimum absolute atomic E-state index is 0.0606. The molecule has 2 N–H and O–H groups in total. The summed E-state index contributed by atoms with van der Waals surface area (Å²) in [4.78, 5) is 30.3. The molecular weight excluding hydrogens is 598 g/mol. The van der Waals surface area contributed by atoms with Gasteiger partial charge in [-0.3, -0.25) is 9.59 Å². The summed E-state index contributed by atoms with van der Waals surface area (Å²) in [6, 6.07) is 36.3. The summed E-state index contributed by atoms with van der Waals surface area (Å²) in [5, 5.41) is 5.89. The highest BCUT2D eigenvalue weighted by molar-refractivity contribution is 7.90. The molecular formula is C37H31N3O5S. The standard InChI is InChI=1S/C37H31N3O5S/c1-25-6-2-5-9-35(25)46(43,44)40-37(42)29-12-10-26(11-13-29)20-21-38-36(41)30-15-14-27-17-19-33(23-31(27)22-30)45-24-32-18-16-28-7-3-4-8-34(28)39-32/h2-19,22-23H,20-21,24H2,1H3,(H,38,41)(H,40,42). The summed E-state index contributed by atoms with van der Waals surface area (Å²) in [5.74, 6) is -0.228. The second-order valence-electron chi connectivity index (χ2n) is 10.9. The van der Waals surface area contributed by atoms with Crippen LogP contribution in [0.4, 0.5) is 0 Å². The molecule has 8 nitrogen and oxygen atoms in total. The van der Waals surface area contributed by atoms with Gasteiger partial charge in [-0.15, -0.1) is 0 Å². The van der Waals surface area contributed by atoms with Gasteiger partial charge in [0.1, 0.15) is 12.4 Å². The van der Waals surface area contributed by atoms with Crippen molar-refractivity contribution in [3.8, 4) is 5.75 Å². The van der Waals surface area contributed by atoms with Gasteiger partial charge in [0, 0.05) is 23.1 Å². The van der Waals surface area contributed by atoms with Crippen molar-refractivity contribution in [3.63, 3.8) is 0 Å². The third-order valence-electron chi connectivity index (χ3n) is 7.64. The van der Waals surface area contributed by atoms with E-state index in [1.807, 2.05) is 66.7 Å². The van der Waals surface area contributed by atoms with Gasteiger partial charge in [-0.25, -0.2) is 18.1 Å². The third kappa shape index (κ3) is 7.06. The van der Waals surface area contributed by atoms with E-state index in [0.29, 0.717) is 36.4 Å². The highest BCUT2D eigenvalue weighted by Gasteiger charge is 2.20. The van der Waals surface area contributed by atoms with E-state index < -0.39 is 15.9 Å². The van der Waals surface area contributed by atoms with Crippen molar-refractivity contribution in [1.82, 2.24) is 15.0 Å². The quantitative estimate of drug-likeness (QED) is 0.182. The van der Waals surface area contributed by atoms with Gasteiger partial charge >= 0.3 is 0 Å². The average molecular weight is 630 g/mol. The number of carbonyl (C=O) groups excluding carboxylic acids is 2. The second-order valence-corrected chi connectivity index (χ2v) is 12.6. The number of aryl methyl sites for hydroxylation is 1. The van der Waals surface area contributed by atoms with Gasteiger partial charge in [0.15, 0.2) is 0 Å². The van der Waals surface area contributed by atoms with Crippen molar-refractivity contribution < 1.29 is 22.7 Å². The molecule has 0 saturated heterocycles. The topological polar surface area (TPSA) is 114 Å². The van der Waals surface area contributed by atoms with E-state index in [9.17, 15) is 18.0 Å². The maximum absolute atomic E-state index is 12.9. The molecule has 5 aromatic carbocycles. The first-order chi connectivity index (χ1) is 22.2. The number of para-hydroxylation sites is 1. The number of nitrogens with zero attached hydrogens (tertiary/aromatic N) is 1. The number of hydrogen-bond donors (Lipinski definition) is 2. The third-order valence-corrected chi connectivity index (χ3v) is 9.13. The number of sulfonamides is 1. The first kappa shape index (κ1) is 30.5. The molecule has 0 spiro atoms. The highest BCUT2D eigenvalue weighted by Crippen LogP contribution is 2.23. The van der Waals surface area contributed by atoms with Gasteiger partial charge in [0.25, 0.3) is 21.8 Å². The van der Waals surface area contributed by atoms with Crippen LogP contribution in [-0.4, -0.2) is 31.8 Å². The molecule has 0 bridgehead atoms. The second kappa shape index (κ2) is 13.2. The van der Waals surface area contributed by atoms with E-state index in [-0.39, 0.29) is 16.4 Å². The van der Waals surface area contributed by atoms with E-state index in [1.54, 1.807) is 55.5 Å². The summed E-state index contributed by atoms with van der Waals surface area (Å²) in [7, 11) is -3.99. The minimum Gasteiger partial charge on any atom is -0.487 e. The molecule has 0 fully saturated rings. The van der Waals surface area contributed by atoms with Crippen LogP contribution >= 0.6 is 0 Å². The number of hydrogen-bond acceptors (Lipinski definition) is 6. The lowest BCUT2D eigenvalue weighted by molar-refractivity contribution is 0.0952. The summed E-state index contributed by atoms with van der Waals surface area (Å²) in [6.07, 6.45) is 0.531. The van der Waals surface area contributed by atoms with Gasteiger partial charge in [-0.2, -0.15) is 0 Å². The lowest BCUT2D eigenvalue weighted by Gasteiger charge is -2.10. The van der Waals surface area contributed by atoms with Crippen molar-refractivity contribution in [3.05, 3.63) is 149 Å². The number of aromatic nitrogens is 1. The molecule has 46 heavy (non-hydrogen) atoms. The minimum atomic E-state index is -3.99. The summed E-state index contributed by atoms with van der Waals surface area (Å²) < 4.78 is 33.5. The van der Waals surface area contributed by atoms with E-state index in [1.165, 1.54) is 6.07 Å². The number of carbonyl (C=O) groups is 2. The largest absolute Gasteiger partial charge is 0.487 e. The van der Waals surface area contributed by atoms with Crippen LogP contribution in [0.15, 0.2) is 126 Å². The number of rotatable bonds is 10. The zero-order valence-corrected chi connectivity index (χ0v) is 25.9. The molecule has 1 heterocycles. The molecule has 0 aliphatic rings. The first-order valence-corrected chi connectivity index (χ1v) is 16.2. The molecule has 9 heteroatoms. The molecule has 2 amide bonds. The lowest BCUT2D eigenvalue weighted by Crippen LogP contribution is -2.31. The molecule has 0 unspecified atom stereocenters. The number of ether oxygens (including phenoxy) is 1. The average Bonchev–Trinajstić information content (AvgIpc) is 3.07. The normalized spacial score (nSPS) is 11.3.